The van der Waals surface area contributed by atoms with E-state index in [9.17, 15) is 9.59 Å². The van der Waals surface area contributed by atoms with Crippen molar-refractivity contribution in [2.24, 2.45) is 0 Å². The molecular formula is C13H13N3O3S. The Bertz CT molecular complexity index is 712. The highest BCUT2D eigenvalue weighted by molar-refractivity contribution is 7.99. The van der Waals surface area contributed by atoms with Gasteiger partial charge in [-0.15, -0.1) is 0 Å². The number of nitrogen functional groups attached to an aromatic ring is 1. The number of benzene rings is 1. The summed E-state index contributed by atoms with van der Waals surface area (Å²) in [6.07, 6.45) is 1.42. The van der Waals surface area contributed by atoms with Gasteiger partial charge in [0.2, 0.25) is 0 Å². The lowest BCUT2D eigenvalue weighted by Crippen LogP contribution is -2.08. The first-order chi connectivity index (χ1) is 9.51. The highest BCUT2D eigenvalue weighted by atomic mass is 32.2. The number of hydrogen-bond acceptors (Lipinski definition) is 6. The number of anilines is 1. The number of carbonyl (C=O) groups is 1. The molecule has 0 fully saturated rings. The van der Waals surface area contributed by atoms with Crippen molar-refractivity contribution in [1.82, 2.24) is 9.97 Å². The number of H-pyrrole nitrogens is 1. The number of nitrogens with one attached hydrogen (secondary N) is 1. The lowest BCUT2D eigenvalue weighted by Gasteiger charge is -2.09. The van der Waals surface area contributed by atoms with Crippen LogP contribution >= 0.6 is 11.8 Å². The molecule has 1 heterocycles. The third kappa shape index (κ3) is 3.00. The zero-order valence-corrected chi connectivity index (χ0v) is 11.8. The highest BCUT2D eigenvalue weighted by Crippen LogP contribution is 2.29. The maximum absolute atomic E-state index is 11.7. The summed E-state index contributed by atoms with van der Waals surface area (Å²) in [6, 6.07) is 4.77. The number of aryl methyl sites for hydroxylation is 1. The Balaban J connectivity index is 2.40. The van der Waals surface area contributed by atoms with Crippen molar-refractivity contribution in [1.29, 1.82) is 0 Å². The van der Waals surface area contributed by atoms with Crippen LogP contribution in [0, 0.1) is 6.92 Å². The molecular weight excluding hydrogens is 278 g/mol. The molecule has 2 aromatic rings. The topological polar surface area (TPSA) is 98.1 Å². The molecule has 2 rings (SSSR count). The Labute approximate surface area is 119 Å². The molecule has 0 amide bonds. The molecule has 0 unspecified atom stereocenters. The standard InChI is InChI=1S/C13H13N3O3S/c1-7-5-8(6-9(11(7)14)12(18)19-2)20-13-15-4-3-10(17)16-13/h3-6H,14H2,1-2H3,(H,15,16,17). The first-order valence-corrected chi connectivity index (χ1v) is 6.54. The Morgan fingerprint density at radius 1 is 1.45 bits per heavy atom. The van der Waals surface area contributed by atoms with Crippen LogP contribution in [-0.2, 0) is 4.74 Å². The summed E-state index contributed by atoms with van der Waals surface area (Å²) in [4.78, 5) is 30.3. The van der Waals surface area contributed by atoms with E-state index in [0.29, 0.717) is 16.4 Å². The minimum atomic E-state index is -0.498. The number of ether oxygens (including phenoxy) is 1. The van der Waals surface area contributed by atoms with E-state index >= 15 is 0 Å². The van der Waals surface area contributed by atoms with E-state index in [-0.39, 0.29) is 5.56 Å². The van der Waals surface area contributed by atoms with Gasteiger partial charge < -0.3 is 15.5 Å². The quantitative estimate of drug-likeness (QED) is 0.506. The molecule has 1 aromatic heterocycles. The van der Waals surface area contributed by atoms with Gasteiger partial charge >= 0.3 is 5.97 Å². The minimum Gasteiger partial charge on any atom is -0.465 e. The van der Waals surface area contributed by atoms with Crippen molar-refractivity contribution in [3.8, 4) is 0 Å². The molecule has 1 aromatic carbocycles. The summed E-state index contributed by atoms with van der Waals surface area (Å²) in [6.45, 7) is 1.80. The zero-order chi connectivity index (χ0) is 14.7. The van der Waals surface area contributed by atoms with Gasteiger partial charge in [-0.3, -0.25) is 4.79 Å². The molecule has 0 saturated heterocycles. The van der Waals surface area contributed by atoms with Crippen LogP contribution in [0.5, 0.6) is 0 Å². The number of nitrogens with zero attached hydrogens (tertiary/aromatic N) is 1. The van der Waals surface area contributed by atoms with Crippen LogP contribution in [-0.4, -0.2) is 23.0 Å². The largest absolute Gasteiger partial charge is 0.465 e. The van der Waals surface area contributed by atoms with Gasteiger partial charge in [0.25, 0.3) is 5.56 Å². The van der Waals surface area contributed by atoms with E-state index in [4.69, 9.17) is 10.5 Å². The van der Waals surface area contributed by atoms with Crippen LogP contribution in [0.1, 0.15) is 15.9 Å². The Kier molecular flexibility index (Phi) is 4.09. The van der Waals surface area contributed by atoms with Crippen molar-refractivity contribution in [3.05, 3.63) is 45.9 Å². The highest BCUT2D eigenvalue weighted by Gasteiger charge is 2.14. The second-order valence-corrected chi connectivity index (χ2v) is 5.10. The average molecular weight is 291 g/mol. The second-order valence-electron chi connectivity index (χ2n) is 4.03. The maximum Gasteiger partial charge on any atom is 0.340 e. The van der Waals surface area contributed by atoms with Gasteiger partial charge in [-0.2, -0.15) is 0 Å². The number of aromatic amines is 1. The number of nitrogens with two attached hydrogens (primary N) is 1. The molecule has 0 aliphatic heterocycles. The number of aromatic nitrogens is 2. The summed E-state index contributed by atoms with van der Waals surface area (Å²) in [5.74, 6) is -0.498. The monoisotopic (exact) mass is 291 g/mol. The van der Waals surface area contributed by atoms with Crippen molar-refractivity contribution >= 4 is 23.4 Å². The Morgan fingerprint density at radius 3 is 2.85 bits per heavy atom. The number of hydrogen-bond donors (Lipinski definition) is 2. The molecule has 0 saturated carbocycles. The van der Waals surface area contributed by atoms with Gasteiger partial charge in [0, 0.05) is 22.8 Å². The smallest absolute Gasteiger partial charge is 0.340 e. The maximum atomic E-state index is 11.7. The van der Waals surface area contributed by atoms with Crippen LogP contribution in [0.3, 0.4) is 0 Å². The first kappa shape index (κ1) is 14.1. The molecule has 0 bridgehead atoms. The van der Waals surface area contributed by atoms with Crippen molar-refractivity contribution in [2.45, 2.75) is 17.0 Å². The number of esters is 1. The predicted molar refractivity (Wildman–Crippen MR) is 75.9 cm³/mol. The van der Waals surface area contributed by atoms with Gasteiger partial charge in [-0.1, -0.05) is 11.8 Å². The van der Waals surface area contributed by atoms with E-state index in [1.165, 1.54) is 31.1 Å². The summed E-state index contributed by atoms with van der Waals surface area (Å²) >= 11 is 1.24. The lowest BCUT2D eigenvalue weighted by molar-refractivity contribution is 0.0601. The average Bonchev–Trinajstić information content (AvgIpc) is 2.42. The molecule has 0 aliphatic rings. The molecule has 7 heteroatoms. The number of carbonyl (C=O) groups excluding carboxylic acids is 1. The second kappa shape index (κ2) is 5.79. The summed E-state index contributed by atoms with van der Waals surface area (Å²) in [7, 11) is 1.30. The zero-order valence-electron chi connectivity index (χ0n) is 11.0. The van der Waals surface area contributed by atoms with E-state index < -0.39 is 5.97 Å². The van der Waals surface area contributed by atoms with E-state index in [1.807, 2.05) is 6.07 Å². The van der Waals surface area contributed by atoms with Crippen LogP contribution in [0.2, 0.25) is 0 Å². The van der Waals surface area contributed by atoms with Gasteiger partial charge in [0.15, 0.2) is 5.16 Å². The number of rotatable bonds is 3. The molecule has 0 spiro atoms. The summed E-state index contributed by atoms with van der Waals surface area (Å²) in [5, 5.41) is 0.442. The Morgan fingerprint density at radius 2 is 2.20 bits per heavy atom. The first-order valence-electron chi connectivity index (χ1n) is 5.73. The van der Waals surface area contributed by atoms with Crippen molar-refractivity contribution < 1.29 is 9.53 Å². The van der Waals surface area contributed by atoms with Crippen molar-refractivity contribution in [3.63, 3.8) is 0 Å². The van der Waals surface area contributed by atoms with Gasteiger partial charge in [0.1, 0.15) is 0 Å². The Hall–Kier alpha value is -2.28. The molecule has 104 valence electrons. The fourth-order valence-electron chi connectivity index (χ4n) is 1.62. The molecule has 0 radical (unpaired) electrons. The summed E-state index contributed by atoms with van der Waals surface area (Å²) < 4.78 is 4.69. The van der Waals surface area contributed by atoms with Crippen LogP contribution in [0.4, 0.5) is 5.69 Å². The van der Waals surface area contributed by atoms with Gasteiger partial charge in [-0.25, -0.2) is 9.78 Å². The number of methoxy groups -OCH3 is 1. The van der Waals surface area contributed by atoms with Crippen LogP contribution in [0.15, 0.2) is 39.2 Å². The van der Waals surface area contributed by atoms with Crippen LogP contribution < -0.4 is 11.3 Å². The van der Waals surface area contributed by atoms with E-state index in [0.717, 1.165) is 10.5 Å². The summed E-state index contributed by atoms with van der Waals surface area (Å²) in [5.41, 5.74) is 7.07. The van der Waals surface area contributed by atoms with Gasteiger partial charge in [0.05, 0.1) is 12.7 Å². The SMILES string of the molecule is COC(=O)c1cc(Sc2nccc(=O)[nH]2)cc(C)c1N. The third-order valence-electron chi connectivity index (χ3n) is 2.63. The molecule has 20 heavy (non-hydrogen) atoms. The predicted octanol–water partition coefficient (Wildman–Crippen LogP) is 1.60. The fraction of sp³-hybridized carbons (Fsp3) is 0.154. The lowest BCUT2D eigenvalue weighted by atomic mass is 10.1. The van der Waals surface area contributed by atoms with Crippen LogP contribution in [0.25, 0.3) is 0 Å². The van der Waals surface area contributed by atoms with Crippen molar-refractivity contribution in [2.75, 3.05) is 12.8 Å². The minimum absolute atomic E-state index is 0.233. The molecule has 0 atom stereocenters. The fourth-order valence-corrected chi connectivity index (χ4v) is 2.52. The molecule has 6 nitrogen and oxygen atoms in total. The molecule has 0 aliphatic carbocycles. The normalized spacial score (nSPS) is 10.3. The van der Waals surface area contributed by atoms with E-state index in [1.54, 1.807) is 13.0 Å². The van der Waals surface area contributed by atoms with E-state index in [2.05, 4.69) is 9.97 Å². The molecule has 3 N–H and O–H groups in total. The van der Waals surface area contributed by atoms with Gasteiger partial charge in [-0.05, 0) is 24.6 Å². The third-order valence-corrected chi connectivity index (χ3v) is 3.50.